The summed E-state index contributed by atoms with van der Waals surface area (Å²) in [6, 6.07) is 3.52. The van der Waals surface area contributed by atoms with Crippen LogP contribution >= 0.6 is 11.3 Å². The van der Waals surface area contributed by atoms with E-state index in [-0.39, 0.29) is 5.91 Å². The lowest BCUT2D eigenvalue weighted by atomic mass is 10.2. The molecule has 2 aromatic rings. The average Bonchev–Trinajstić information content (AvgIpc) is 2.77. The van der Waals surface area contributed by atoms with E-state index < -0.39 is 0 Å². The topological polar surface area (TPSA) is 68.0 Å². The number of pyridine rings is 1. The van der Waals surface area contributed by atoms with Crippen molar-refractivity contribution < 1.29 is 4.79 Å². The Kier molecular flexibility index (Phi) is 2.87. The molecule has 0 radical (unpaired) electrons. The molecule has 0 aliphatic heterocycles. The summed E-state index contributed by atoms with van der Waals surface area (Å²) in [5, 5.41) is 6.36. The highest BCUT2D eigenvalue weighted by Gasteiger charge is 2.07. The summed E-state index contributed by atoms with van der Waals surface area (Å²) >= 11 is 1.48. The summed E-state index contributed by atoms with van der Waals surface area (Å²) in [5.74, 6) is 0.362. The van der Waals surface area contributed by atoms with E-state index in [1.54, 1.807) is 23.7 Å². The minimum Gasteiger partial charge on any atom is -0.397 e. The molecule has 1 amide bonds. The van der Waals surface area contributed by atoms with Gasteiger partial charge in [-0.1, -0.05) is 0 Å². The van der Waals surface area contributed by atoms with Gasteiger partial charge in [0.25, 0.3) is 5.91 Å². The molecule has 0 bridgehead atoms. The van der Waals surface area contributed by atoms with Gasteiger partial charge in [-0.05, 0) is 30.0 Å². The Morgan fingerprint density at radius 3 is 3.00 bits per heavy atom. The quantitative estimate of drug-likeness (QED) is 0.836. The summed E-state index contributed by atoms with van der Waals surface area (Å²) in [6.07, 6.45) is 1.54. The molecular weight excluding hydrogens is 222 g/mol. The number of nitrogens with two attached hydrogens (primary N) is 1. The SMILES string of the molecule is Cc1cc(NC(=O)c2ccsc2)ncc1N. The number of aromatic nitrogens is 1. The highest BCUT2D eigenvalue weighted by atomic mass is 32.1. The molecule has 82 valence electrons. The maximum Gasteiger partial charge on any atom is 0.257 e. The number of anilines is 2. The Hall–Kier alpha value is -1.88. The lowest BCUT2D eigenvalue weighted by molar-refractivity contribution is 0.102. The van der Waals surface area contributed by atoms with E-state index in [9.17, 15) is 4.79 Å². The van der Waals surface area contributed by atoms with Crippen molar-refractivity contribution in [1.82, 2.24) is 4.98 Å². The molecule has 0 saturated carbocycles. The number of nitrogens with one attached hydrogen (secondary N) is 1. The largest absolute Gasteiger partial charge is 0.397 e. The van der Waals surface area contributed by atoms with E-state index >= 15 is 0 Å². The Balaban J connectivity index is 2.15. The van der Waals surface area contributed by atoms with E-state index in [1.165, 1.54) is 11.3 Å². The fraction of sp³-hybridized carbons (Fsp3) is 0.0909. The van der Waals surface area contributed by atoms with Gasteiger partial charge in [0.1, 0.15) is 5.82 Å². The van der Waals surface area contributed by atoms with Crippen LogP contribution in [-0.2, 0) is 0 Å². The van der Waals surface area contributed by atoms with Gasteiger partial charge in [-0.25, -0.2) is 4.98 Å². The van der Waals surface area contributed by atoms with Crippen LogP contribution in [-0.4, -0.2) is 10.9 Å². The maximum atomic E-state index is 11.7. The fourth-order valence-corrected chi connectivity index (χ4v) is 1.85. The molecular formula is C11H11N3OS. The number of aryl methyl sites for hydroxylation is 1. The molecule has 0 unspecified atom stereocenters. The van der Waals surface area contributed by atoms with Crippen molar-refractivity contribution in [2.75, 3.05) is 11.1 Å². The molecule has 0 atom stereocenters. The number of rotatable bonds is 2. The van der Waals surface area contributed by atoms with Gasteiger partial charge in [-0.3, -0.25) is 4.79 Å². The molecule has 0 saturated heterocycles. The summed E-state index contributed by atoms with van der Waals surface area (Å²) in [4.78, 5) is 15.7. The smallest absolute Gasteiger partial charge is 0.257 e. The molecule has 0 aromatic carbocycles. The number of nitrogens with zero attached hydrogens (tertiary/aromatic N) is 1. The van der Waals surface area contributed by atoms with Crippen LogP contribution in [0.1, 0.15) is 15.9 Å². The number of hydrogen-bond donors (Lipinski definition) is 2. The van der Waals surface area contributed by atoms with Crippen LogP contribution in [0, 0.1) is 6.92 Å². The third kappa shape index (κ3) is 2.20. The molecule has 2 heterocycles. The molecule has 5 heteroatoms. The van der Waals surface area contributed by atoms with Crippen molar-refractivity contribution in [1.29, 1.82) is 0 Å². The number of carbonyl (C=O) groups excluding carboxylic acids is 1. The normalized spacial score (nSPS) is 10.1. The monoisotopic (exact) mass is 233 g/mol. The second-order valence-electron chi connectivity index (χ2n) is 3.39. The molecule has 0 spiro atoms. The zero-order chi connectivity index (χ0) is 11.5. The molecule has 0 fully saturated rings. The second kappa shape index (κ2) is 4.32. The van der Waals surface area contributed by atoms with E-state index in [2.05, 4.69) is 10.3 Å². The minimum absolute atomic E-state index is 0.155. The van der Waals surface area contributed by atoms with Gasteiger partial charge < -0.3 is 11.1 Å². The Morgan fingerprint density at radius 2 is 2.38 bits per heavy atom. The predicted octanol–water partition coefficient (Wildman–Crippen LogP) is 2.29. The fourth-order valence-electron chi connectivity index (χ4n) is 1.22. The van der Waals surface area contributed by atoms with Gasteiger partial charge in [0, 0.05) is 5.38 Å². The molecule has 4 nitrogen and oxygen atoms in total. The molecule has 16 heavy (non-hydrogen) atoms. The van der Waals surface area contributed by atoms with Crippen LogP contribution < -0.4 is 11.1 Å². The highest BCUT2D eigenvalue weighted by Crippen LogP contribution is 2.14. The average molecular weight is 233 g/mol. The summed E-state index contributed by atoms with van der Waals surface area (Å²) in [6.45, 7) is 1.87. The van der Waals surface area contributed by atoms with E-state index in [1.807, 2.05) is 12.3 Å². The van der Waals surface area contributed by atoms with Crippen molar-refractivity contribution in [2.24, 2.45) is 0 Å². The molecule has 3 N–H and O–H groups in total. The van der Waals surface area contributed by atoms with Gasteiger partial charge in [-0.2, -0.15) is 11.3 Å². The lowest BCUT2D eigenvalue weighted by Gasteiger charge is -2.05. The van der Waals surface area contributed by atoms with Gasteiger partial charge in [0.15, 0.2) is 0 Å². The molecule has 2 rings (SSSR count). The van der Waals surface area contributed by atoms with E-state index in [4.69, 9.17) is 5.73 Å². The zero-order valence-electron chi connectivity index (χ0n) is 8.73. The van der Waals surface area contributed by atoms with E-state index in [0.29, 0.717) is 17.1 Å². The number of hydrogen-bond acceptors (Lipinski definition) is 4. The number of nitrogen functional groups attached to an aromatic ring is 1. The van der Waals surface area contributed by atoms with Crippen LogP contribution in [0.15, 0.2) is 29.1 Å². The molecule has 2 aromatic heterocycles. The van der Waals surface area contributed by atoms with Gasteiger partial charge in [-0.15, -0.1) is 0 Å². The number of thiophene rings is 1. The van der Waals surface area contributed by atoms with Gasteiger partial charge >= 0.3 is 0 Å². The first-order chi connectivity index (χ1) is 7.66. The molecule has 0 aliphatic carbocycles. The highest BCUT2D eigenvalue weighted by molar-refractivity contribution is 7.08. The summed E-state index contributed by atoms with van der Waals surface area (Å²) in [5.41, 5.74) is 7.80. The van der Waals surface area contributed by atoms with E-state index in [0.717, 1.165) is 5.56 Å². The standard InChI is InChI=1S/C11H11N3OS/c1-7-4-10(13-5-9(7)12)14-11(15)8-2-3-16-6-8/h2-6H,12H2,1H3,(H,13,14,15). The van der Waals surface area contributed by atoms with Crippen LogP contribution in [0.4, 0.5) is 11.5 Å². The Labute approximate surface area is 97.1 Å². The summed E-state index contributed by atoms with van der Waals surface area (Å²) < 4.78 is 0. The first-order valence-electron chi connectivity index (χ1n) is 4.72. The third-order valence-electron chi connectivity index (χ3n) is 2.18. The first-order valence-corrected chi connectivity index (χ1v) is 5.67. The van der Waals surface area contributed by atoms with Crippen LogP contribution in [0.5, 0.6) is 0 Å². The van der Waals surface area contributed by atoms with Crippen LogP contribution in [0.3, 0.4) is 0 Å². The van der Waals surface area contributed by atoms with Gasteiger partial charge in [0.05, 0.1) is 17.4 Å². The van der Waals surface area contributed by atoms with Crippen molar-refractivity contribution in [2.45, 2.75) is 6.92 Å². The van der Waals surface area contributed by atoms with Crippen molar-refractivity contribution in [3.8, 4) is 0 Å². The maximum absolute atomic E-state index is 11.7. The van der Waals surface area contributed by atoms with Crippen LogP contribution in [0.25, 0.3) is 0 Å². The van der Waals surface area contributed by atoms with Gasteiger partial charge in [0.2, 0.25) is 0 Å². The van der Waals surface area contributed by atoms with Crippen LogP contribution in [0.2, 0.25) is 0 Å². The zero-order valence-corrected chi connectivity index (χ0v) is 9.54. The number of carbonyl (C=O) groups is 1. The lowest BCUT2D eigenvalue weighted by Crippen LogP contribution is -2.12. The Morgan fingerprint density at radius 1 is 1.56 bits per heavy atom. The molecule has 0 aliphatic rings. The minimum atomic E-state index is -0.155. The second-order valence-corrected chi connectivity index (χ2v) is 4.17. The summed E-state index contributed by atoms with van der Waals surface area (Å²) in [7, 11) is 0. The van der Waals surface area contributed by atoms with Crippen molar-refractivity contribution in [3.05, 3.63) is 40.2 Å². The van der Waals surface area contributed by atoms with Crippen molar-refractivity contribution in [3.63, 3.8) is 0 Å². The third-order valence-corrected chi connectivity index (χ3v) is 2.86. The predicted molar refractivity (Wildman–Crippen MR) is 65.7 cm³/mol. The van der Waals surface area contributed by atoms with Crippen molar-refractivity contribution >= 4 is 28.7 Å². The Bertz CT molecular complexity index is 508. The number of amides is 1. The first kappa shape index (κ1) is 10.6.